The van der Waals surface area contributed by atoms with Crippen molar-refractivity contribution in [2.24, 2.45) is 5.92 Å². The van der Waals surface area contributed by atoms with Crippen molar-refractivity contribution < 1.29 is 16.6 Å². The van der Waals surface area contributed by atoms with Crippen molar-refractivity contribution in [3.05, 3.63) is 201 Å². The molecule has 3 aliphatic rings. The van der Waals surface area contributed by atoms with Crippen molar-refractivity contribution in [1.29, 1.82) is 0 Å². The maximum absolute atomic E-state index is 3.33. The van der Waals surface area contributed by atoms with Crippen LogP contribution in [0.25, 0.3) is 33.4 Å². The van der Waals surface area contributed by atoms with E-state index in [1.54, 1.807) is 33.4 Å². The van der Waals surface area contributed by atoms with Crippen LogP contribution in [0.2, 0.25) is 0 Å². The van der Waals surface area contributed by atoms with Crippen molar-refractivity contribution in [3.8, 4) is 22.3 Å². The predicted molar refractivity (Wildman–Crippen MR) is 241 cm³/mol. The Morgan fingerprint density at radius 2 is 0.807 bits per heavy atom. The fraction of sp³-hybridized carbons (Fsp3) is 0.286. The molecule has 2 atom stereocenters. The molecule has 1 heteroatoms. The third-order valence-electron chi connectivity index (χ3n) is 14.0. The molecule has 0 fully saturated rings. The molecule has 0 saturated carbocycles. The normalized spacial score (nSPS) is 19.6. The van der Waals surface area contributed by atoms with Crippen LogP contribution >= 0.6 is 0 Å². The summed E-state index contributed by atoms with van der Waals surface area (Å²) in [5.74, 6) is 0.261. The predicted octanol–water partition coefficient (Wildman–Crippen LogP) is 15.2. The molecule has 57 heavy (non-hydrogen) atoms. The first-order chi connectivity index (χ1) is 27.3. The van der Waals surface area contributed by atoms with Gasteiger partial charge < -0.3 is 0 Å². The fourth-order valence-electron chi connectivity index (χ4n) is 11.5. The monoisotopic (exact) mass is 778 g/mol. The summed E-state index contributed by atoms with van der Waals surface area (Å²) in [7, 11) is 0. The van der Waals surface area contributed by atoms with Crippen LogP contribution in [0.4, 0.5) is 0 Å². The van der Waals surface area contributed by atoms with Crippen LogP contribution in [0.1, 0.15) is 115 Å². The second kappa shape index (κ2) is 14.1. The van der Waals surface area contributed by atoms with E-state index in [4.69, 9.17) is 0 Å². The van der Waals surface area contributed by atoms with Crippen molar-refractivity contribution in [2.75, 3.05) is 0 Å². The van der Waals surface area contributed by atoms with E-state index in [1.165, 1.54) is 65.1 Å². The van der Waals surface area contributed by atoms with Crippen LogP contribution in [-0.2, 0) is 36.9 Å². The molecule has 2 aliphatic carbocycles. The van der Waals surface area contributed by atoms with Crippen molar-refractivity contribution in [1.82, 2.24) is 0 Å². The van der Waals surface area contributed by atoms with Gasteiger partial charge in [-0.15, -0.1) is 0 Å². The van der Waals surface area contributed by atoms with Crippen LogP contribution < -0.4 is 0 Å². The van der Waals surface area contributed by atoms with Gasteiger partial charge in [0, 0.05) is 0 Å². The molecular weight excluding hydrogens is 720 g/mol. The zero-order valence-corrected chi connectivity index (χ0v) is 37.1. The van der Waals surface area contributed by atoms with Crippen LogP contribution in [0.3, 0.4) is 0 Å². The van der Waals surface area contributed by atoms with E-state index >= 15 is 0 Å². The Labute approximate surface area is 346 Å². The second-order valence-corrected chi connectivity index (χ2v) is 26.3. The van der Waals surface area contributed by atoms with Gasteiger partial charge >= 0.3 is 348 Å². The third-order valence-corrected chi connectivity index (χ3v) is 23.2. The van der Waals surface area contributed by atoms with Gasteiger partial charge in [-0.2, -0.15) is 0 Å². The molecule has 4 bridgehead atoms. The summed E-state index contributed by atoms with van der Waals surface area (Å²) in [4.78, 5) is 0. The molecule has 1 heterocycles. The molecule has 0 saturated heterocycles. The van der Waals surface area contributed by atoms with E-state index < -0.39 is 16.6 Å². The maximum atomic E-state index is 2.55. The summed E-state index contributed by atoms with van der Waals surface area (Å²) in [6.45, 7) is 21.5. The molecule has 9 rings (SSSR count). The molecule has 0 nitrogen and oxygen atoms in total. The zero-order chi connectivity index (χ0) is 39.9. The van der Waals surface area contributed by atoms with Crippen LogP contribution in [0, 0.1) is 5.92 Å². The quantitative estimate of drug-likeness (QED) is 0.148. The molecular formula is C56H58Ti. The Hall–Kier alpha value is -4.49. The summed E-state index contributed by atoms with van der Waals surface area (Å²) in [6.07, 6.45) is 0. The Kier molecular flexibility index (Phi) is 9.42. The van der Waals surface area contributed by atoms with Crippen molar-refractivity contribution >= 4 is 11.1 Å². The SMILES string of the molecule is CC1=C2c3c(-c4ccc(C(C)(C)C)cc4)cccc3[CH]1[Ti]([CH2]c1ccccc1)([CH2]c1ccccc1)[CH]1C(C)=C(c3c(-c4ccc(C(C)(C)C)cc4)cccc31)C2C. The van der Waals surface area contributed by atoms with Gasteiger partial charge in [0.2, 0.25) is 0 Å². The Bertz CT molecular complexity index is 2350. The third kappa shape index (κ3) is 6.31. The standard InChI is InChI=1S/C42H44.2C7H7.Ti/c1-26-24-31-12-10-14-35(29-16-20-33(21-17-29)41(4,5)6)39(31)37(26)28(3)38-27(2)25-32-13-11-15-36(40(32)38)30-18-22-34(23-19-30)42(7,8)9;2*1-7-5-3-2-4-6-7;/h10-25,28H,1-9H3;2*2-6H,1H2;. The van der Waals surface area contributed by atoms with Gasteiger partial charge in [-0.1, -0.05) is 0 Å². The first-order valence-electron chi connectivity index (χ1n) is 21.3. The molecule has 6 aromatic carbocycles. The summed E-state index contributed by atoms with van der Waals surface area (Å²) >= 11 is -3.33. The zero-order valence-electron chi connectivity index (χ0n) is 35.5. The number of benzene rings is 6. The van der Waals surface area contributed by atoms with Gasteiger partial charge in [-0.25, -0.2) is 0 Å². The molecule has 0 spiro atoms. The number of rotatable bonds is 6. The van der Waals surface area contributed by atoms with Crippen LogP contribution in [0.15, 0.2) is 157 Å². The number of hydrogen-bond donors (Lipinski definition) is 0. The molecule has 0 aromatic heterocycles. The van der Waals surface area contributed by atoms with E-state index in [2.05, 4.69) is 208 Å². The Morgan fingerprint density at radius 3 is 1.16 bits per heavy atom. The fourth-order valence-corrected chi connectivity index (χ4v) is 22.5. The number of allylic oxidation sites excluding steroid dienone is 4. The first kappa shape index (κ1) is 38.1. The van der Waals surface area contributed by atoms with Crippen molar-refractivity contribution in [3.63, 3.8) is 0 Å². The van der Waals surface area contributed by atoms with E-state index in [9.17, 15) is 0 Å². The molecule has 2 unspecified atom stereocenters. The van der Waals surface area contributed by atoms with E-state index in [-0.39, 0.29) is 16.7 Å². The number of hydrogen-bond acceptors (Lipinski definition) is 0. The van der Waals surface area contributed by atoms with E-state index in [0.29, 0.717) is 8.45 Å². The first-order valence-corrected chi connectivity index (χ1v) is 25.3. The average molecular weight is 779 g/mol. The van der Waals surface area contributed by atoms with Crippen LogP contribution in [-0.4, -0.2) is 0 Å². The summed E-state index contributed by atoms with van der Waals surface area (Å²) in [6, 6.07) is 56.9. The Balaban J connectivity index is 1.35. The minimum atomic E-state index is -3.33. The molecule has 0 N–H and O–H groups in total. The van der Waals surface area contributed by atoms with Crippen molar-refractivity contribution in [2.45, 2.75) is 91.0 Å². The van der Waals surface area contributed by atoms with E-state index in [1.807, 2.05) is 0 Å². The van der Waals surface area contributed by atoms with Crippen LogP contribution in [0.5, 0.6) is 0 Å². The molecule has 286 valence electrons. The molecule has 1 aliphatic heterocycles. The van der Waals surface area contributed by atoms with Gasteiger partial charge in [0.1, 0.15) is 0 Å². The summed E-state index contributed by atoms with van der Waals surface area (Å²) in [5, 5.41) is 0. The molecule has 0 radical (unpaired) electrons. The van der Waals surface area contributed by atoms with Gasteiger partial charge in [-0.3, -0.25) is 0 Å². The average Bonchev–Trinajstić information content (AvgIpc) is 3.69. The summed E-state index contributed by atoms with van der Waals surface area (Å²) < 4.78 is 3.19. The van der Waals surface area contributed by atoms with Gasteiger partial charge in [0.05, 0.1) is 0 Å². The number of fused-ring (bicyclic) bond motifs is 8. The van der Waals surface area contributed by atoms with Gasteiger partial charge in [-0.05, 0) is 0 Å². The molecule has 6 aromatic rings. The molecule has 0 amide bonds. The van der Waals surface area contributed by atoms with E-state index in [0.717, 1.165) is 0 Å². The van der Waals surface area contributed by atoms with Gasteiger partial charge in [0.25, 0.3) is 0 Å². The summed E-state index contributed by atoms with van der Waals surface area (Å²) in [5.41, 5.74) is 24.1. The minimum absolute atomic E-state index is 0.112. The topological polar surface area (TPSA) is 0 Å². The Morgan fingerprint density at radius 1 is 0.439 bits per heavy atom. The van der Waals surface area contributed by atoms with Gasteiger partial charge in [0.15, 0.2) is 0 Å². The second-order valence-electron chi connectivity index (χ2n) is 19.5.